The van der Waals surface area contributed by atoms with Crippen LogP contribution >= 0.6 is 24.0 Å². The molecule has 0 atom stereocenters. The molecule has 0 aliphatic rings. The van der Waals surface area contributed by atoms with Crippen molar-refractivity contribution >= 4 is 29.9 Å². The number of rotatable bonds is 9. The van der Waals surface area contributed by atoms with E-state index in [9.17, 15) is 0 Å². The van der Waals surface area contributed by atoms with Gasteiger partial charge in [-0.25, -0.2) is 9.98 Å². The van der Waals surface area contributed by atoms with Gasteiger partial charge in [-0.1, -0.05) is 36.4 Å². The molecule has 0 spiro atoms. The first kappa shape index (κ1) is 23.7. The molecular weight excluding hydrogens is 489 g/mol. The Morgan fingerprint density at radius 2 is 1.70 bits per heavy atom. The number of nitrogens with zero attached hydrogens (tertiary/aromatic N) is 3. The fourth-order valence-corrected chi connectivity index (χ4v) is 2.97. The maximum atomic E-state index is 5.20. The van der Waals surface area contributed by atoms with E-state index in [0.29, 0.717) is 6.54 Å². The molecule has 0 aliphatic heterocycles. The predicted octanol–water partition coefficient (Wildman–Crippen LogP) is 3.86. The van der Waals surface area contributed by atoms with Crippen molar-refractivity contribution in [2.75, 3.05) is 20.2 Å². The van der Waals surface area contributed by atoms with Crippen LogP contribution in [0.4, 0.5) is 0 Å². The Morgan fingerprint density at radius 1 is 1.00 bits per heavy atom. The molecule has 0 saturated carbocycles. The molecule has 2 aromatic carbocycles. The number of nitrogens with one attached hydrogen (secondary N) is 2. The summed E-state index contributed by atoms with van der Waals surface area (Å²) in [5.74, 6) is 1.72. The zero-order valence-electron chi connectivity index (χ0n) is 17.5. The van der Waals surface area contributed by atoms with Gasteiger partial charge in [-0.3, -0.25) is 0 Å². The molecule has 0 saturated heterocycles. The minimum Gasteiger partial charge on any atom is -0.497 e. The SMILES string of the molecule is CCNC(=NCc1ccc(Cn2ccnc2)cc1)NCCc1ccc(OC)cc1.I. The summed E-state index contributed by atoms with van der Waals surface area (Å²) < 4.78 is 7.26. The summed E-state index contributed by atoms with van der Waals surface area (Å²) in [6.07, 6.45) is 6.53. The van der Waals surface area contributed by atoms with Crippen molar-refractivity contribution in [3.8, 4) is 5.75 Å². The Morgan fingerprint density at radius 3 is 2.33 bits per heavy atom. The molecule has 160 valence electrons. The second kappa shape index (κ2) is 12.9. The van der Waals surface area contributed by atoms with E-state index < -0.39 is 0 Å². The van der Waals surface area contributed by atoms with E-state index in [2.05, 4.69) is 63.5 Å². The summed E-state index contributed by atoms with van der Waals surface area (Å²) in [5.41, 5.74) is 3.70. The molecule has 6 nitrogen and oxygen atoms in total. The van der Waals surface area contributed by atoms with Gasteiger partial charge in [0.05, 0.1) is 20.0 Å². The summed E-state index contributed by atoms with van der Waals surface area (Å²) in [5, 5.41) is 6.71. The Bertz CT molecular complexity index is 877. The second-order valence-electron chi connectivity index (χ2n) is 6.77. The molecule has 30 heavy (non-hydrogen) atoms. The van der Waals surface area contributed by atoms with Crippen molar-refractivity contribution in [3.05, 3.63) is 83.9 Å². The van der Waals surface area contributed by atoms with Gasteiger partial charge in [-0.15, -0.1) is 24.0 Å². The fraction of sp³-hybridized carbons (Fsp3) is 0.304. The molecule has 0 amide bonds. The zero-order valence-corrected chi connectivity index (χ0v) is 19.9. The minimum absolute atomic E-state index is 0. The number of guanidine groups is 1. The summed E-state index contributed by atoms with van der Waals surface area (Å²) in [4.78, 5) is 8.79. The molecular formula is C23H30IN5O. The lowest BCUT2D eigenvalue weighted by molar-refractivity contribution is 0.414. The molecule has 2 N–H and O–H groups in total. The van der Waals surface area contributed by atoms with Crippen LogP contribution in [-0.2, 0) is 19.5 Å². The lowest BCUT2D eigenvalue weighted by Gasteiger charge is -2.12. The first-order valence-corrected chi connectivity index (χ1v) is 9.95. The van der Waals surface area contributed by atoms with Gasteiger partial charge in [0, 0.05) is 32.0 Å². The number of hydrogen-bond acceptors (Lipinski definition) is 3. The first-order valence-electron chi connectivity index (χ1n) is 9.95. The maximum Gasteiger partial charge on any atom is 0.191 e. The van der Waals surface area contributed by atoms with Crippen LogP contribution in [0.3, 0.4) is 0 Å². The van der Waals surface area contributed by atoms with E-state index in [1.807, 2.05) is 24.7 Å². The predicted molar refractivity (Wildman–Crippen MR) is 133 cm³/mol. The molecule has 0 unspecified atom stereocenters. The Kier molecular flexibility index (Phi) is 10.2. The molecule has 3 aromatic rings. The van der Waals surface area contributed by atoms with E-state index in [4.69, 9.17) is 9.73 Å². The topological polar surface area (TPSA) is 63.5 Å². The quantitative estimate of drug-likeness (QED) is 0.256. The average Bonchev–Trinajstić information content (AvgIpc) is 3.26. The highest BCUT2D eigenvalue weighted by Gasteiger charge is 2.00. The minimum atomic E-state index is 0. The number of halogens is 1. The zero-order chi connectivity index (χ0) is 20.3. The van der Waals surface area contributed by atoms with Gasteiger partial charge in [0.15, 0.2) is 5.96 Å². The van der Waals surface area contributed by atoms with Gasteiger partial charge in [-0.05, 0) is 42.2 Å². The fourth-order valence-electron chi connectivity index (χ4n) is 2.97. The van der Waals surface area contributed by atoms with Crippen molar-refractivity contribution < 1.29 is 4.74 Å². The Balaban J connectivity index is 0.00000320. The van der Waals surface area contributed by atoms with Gasteiger partial charge >= 0.3 is 0 Å². The third-order valence-electron chi connectivity index (χ3n) is 4.58. The summed E-state index contributed by atoms with van der Waals surface area (Å²) in [6, 6.07) is 16.7. The second-order valence-corrected chi connectivity index (χ2v) is 6.77. The standard InChI is InChI=1S/C23H29N5O.HI/c1-3-25-23(26-13-12-19-8-10-22(29-2)11-9-19)27-16-20-4-6-21(7-5-20)17-28-15-14-24-18-28;/h4-11,14-15,18H,3,12-13,16-17H2,1-2H3,(H2,25,26,27);1H. The van der Waals surface area contributed by atoms with Crippen LogP contribution < -0.4 is 15.4 Å². The van der Waals surface area contributed by atoms with Crippen LogP contribution in [0.15, 0.2) is 72.2 Å². The molecule has 0 bridgehead atoms. The van der Waals surface area contributed by atoms with Crippen molar-refractivity contribution in [2.24, 2.45) is 4.99 Å². The lowest BCUT2D eigenvalue weighted by atomic mass is 10.1. The smallest absolute Gasteiger partial charge is 0.191 e. The van der Waals surface area contributed by atoms with E-state index >= 15 is 0 Å². The normalized spacial score (nSPS) is 10.9. The molecule has 0 fully saturated rings. The molecule has 7 heteroatoms. The van der Waals surface area contributed by atoms with Crippen molar-refractivity contribution in [1.29, 1.82) is 0 Å². The number of ether oxygens (including phenoxy) is 1. The maximum absolute atomic E-state index is 5.20. The van der Waals surface area contributed by atoms with Crippen molar-refractivity contribution in [3.63, 3.8) is 0 Å². The molecule has 1 heterocycles. The van der Waals surface area contributed by atoms with Crippen LogP contribution in [0, 0.1) is 0 Å². The highest BCUT2D eigenvalue weighted by molar-refractivity contribution is 14.0. The Labute approximate surface area is 195 Å². The van der Waals surface area contributed by atoms with Gasteiger partial charge < -0.3 is 19.9 Å². The van der Waals surface area contributed by atoms with Crippen molar-refractivity contribution in [1.82, 2.24) is 20.2 Å². The van der Waals surface area contributed by atoms with Crippen LogP contribution in [0.25, 0.3) is 0 Å². The Hall–Kier alpha value is -2.55. The monoisotopic (exact) mass is 519 g/mol. The number of aromatic nitrogens is 2. The molecule has 0 radical (unpaired) electrons. The third-order valence-corrected chi connectivity index (χ3v) is 4.58. The molecule has 0 aliphatic carbocycles. The van der Waals surface area contributed by atoms with E-state index in [-0.39, 0.29) is 24.0 Å². The summed E-state index contributed by atoms with van der Waals surface area (Å²) in [7, 11) is 1.68. The number of benzene rings is 2. The van der Waals surface area contributed by atoms with Crippen LogP contribution in [0.2, 0.25) is 0 Å². The number of hydrogen-bond donors (Lipinski definition) is 2. The van der Waals surface area contributed by atoms with Gasteiger partial charge in [0.1, 0.15) is 5.75 Å². The first-order chi connectivity index (χ1) is 14.3. The highest BCUT2D eigenvalue weighted by Crippen LogP contribution is 2.11. The summed E-state index contributed by atoms with van der Waals surface area (Å²) in [6.45, 7) is 5.20. The molecule has 1 aromatic heterocycles. The van der Waals surface area contributed by atoms with E-state index in [1.165, 1.54) is 16.7 Å². The van der Waals surface area contributed by atoms with Gasteiger partial charge in [0.25, 0.3) is 0 Å². The average molecular weight is 519 g/mol. The van der Waals surface area contributed by atoms with Crippen LogP contribution in [-0.4, -0.2) is 35.7 Å². The summed E-state index contributed by atoms with van der Waals surface area (Å²) >= 11 is 0. The third kappa shape index (κ3) is 7.70. The van der Waals surface area contributed by atoms with Crippen LogP contribution in [0.5, 0.6) is 5.75 Å². The number of methoxy groups -OCH3 is 1. The largest absolute Gasteiger partial charge is 0.497 e. The highest BCUT2D eigenvalue weighted by atomic mass is 127. The van der Waals surface area contributed by atoms with Gasteiger partial charge in [0.2, 0.25) is 0 Å². The number of aliphatic imine (C=N–C) groups is 1. The van der Waals surface area contributed by atoms with E-state index in [0.717, 1.165) is 37.8 Å². The van der Waals surface area contributed by atoms with Crippen LogP contribution in [0.1, 0.15) is 23.6 Å². The van der Waals surface area contributed by atoms with Crippen molar-refractivity contribution in [2.45, 2.75) is 26.4 Å². The van der Waals surface area contributed by atoms with E-state index in [1.54, 1.807) is 13.3 Å². The number of imidazole rings is 1. The molecule has 3 rings (SSSR count). The lowest BCUT2D eigenvalue weighted by Crippen LogP contribution is -2.38. The van der Waals surface area contributed by atoms with Gasteiger partial charge in [-0.2, -0.15) is 0 Å².